The van der Waals surface area contributed by atoms with E-state index in [1.807, 2.05) is 45.9 Å². The van der Waals surface area contributed by atoms with Gasteiger partial charge in [-0.25, -0.2) is 4.57 Å². The van der Waals surface area contributed by atoms with Crippen molar-refractivity contribution in [3.63, 3.8) is 0 Å². The molecule has 0 spiro atoms. The summed E-state index contributed by atoms with van der Waals surface area (Å²) in [6.45, 7) is 9.54. The van der Waals surface area contributed by atoms with Gasteiger partial charge in [-0.05, 0) is 24.5 Å². The van der Waals surface area contributed by atoms with E-state index < -0.39 is 7.60 Å². The zero-order valence-electron chi connectivity index (χ0n) is 11.1. The fraction of sp³-hybridized carbons (Fsp3) is 0.538. The van der Waals surface area contributed by atoms with Crippen molar-refractivity contribution in [1.82, 2.24) is 0 Å². The summed E-state index contributed by atoms with van der Waals surface area (Å²) in [5, 5.41) is 0. The van der Waals surface area contributed by atoms with E-state index in [2.05, 4.69) is 0 Å². The Morgan fingerprint density at radius 2 is 1.71 bits per heavy atom. The molecule has 4 heteroatoms. The van der Waals surface area contributed by atoms with Crippen LogP contribution in [0.5, 0.6) is 5.75 Å². The number of rotatable bonds is 4. The highest BCUT2D eigenvalue weighted by molar-refractivity contribution is 7.53. The molecule has 2 atom stereocenters. The van der Waals surface area contributed by atoms with Gasteiger partial charge in [0.05, 0.1) is 6.10 Å². The third-order valence-electron chi connectivity index (χ3n) is 2.58. The van der Waals surface area contributed by atoms with Gasteiger partial charge in [-0.1, -0.05) is 39.0 Å². The van der Waals surface area contributed by atoms with E-state index in [-0.39, 0.29) is 11.5 Å². The highest BCUT2D eigenvalue weighted by Crippen LogP contribution is 2.47. The minimum absolute atomic E-state index is 0.0638. The second-order valence-corrected chi connectivity index (χ2v) is 7.23. The lowest BCUT2D eigenvalue weighted by molar-refractivity contribution is 0.0934. The summed E-state index contributed by atoms with van der Waals surface area (Å²) in [7, 11) is -3.07. The van der Waals surface area contributed by atoms with Crippen molar-refractivity contribution >= 4 is 7.60 Å². The quantitative estimate of drug-likeness (QED) is 0.752. The maximum atomic E-state index is 12.2. The van der Waals surface area contributed by atoms with Gasteiger partial charge < -0.3 is 4.52 Å². The molecule has 0 N–H and O–H groups in total. The van der Waals surface area contributed by atoms with Gasteiger partial charge in [0.2, 0.25) is 0 Å². The summed E-state index contributed by atoms with van der Waals surface area (Å²) in [5.41, 5.74) is -0.0638. The molecule has 0 aliphatic heterocycles. The summed E-state index contributed by atoms with van der Waals surface area (Å²) >= 11 is 0. The third-order valence-corrected chi connectivity index (χ3v) is 3.83. The first-order valence-electron chi connectivity index (χ1n) is 5.71. The normalized spacial score (nSPS) is 17.2. The smallest absolute Gasteiger partial charge is 0.376 e. The molecule has 2 unspecified atom stereocenters. The first kappa shape index (κ1) is 14.3. The average molecular weight is 256 g/mol. The zero-order chi connectivity index (χ0) is 13.1. The Balaban J connectivity index is 2.67. The van der Waals surface area contributed by atoms with Crippen molar-refractivity contribution in [3.8, 4) is 5.75 Å². The van der Waals surface area contributed by atoms with Crippen LogP contribution in [0.2, 0.25) is 0 Å². The van der Waals surface area contributed by atoms with Crippen LogP contribution >= 0.6 is 7.60 Å². The van der Waals surface area contributed by atoms with Gasteiger partial charge in [-0.2, -0.15) is 0 Å². The molecule has 1 aromatic carbocycles. The topological polar surface area (TPSA) is 35.5 Å². The number of hydrogen-bond donors (Lipinski definition) is 0. The lowest BCUT2D eigenvalue weighted by Crippen LogP contribution is -2.25. The van der Waals surface area contributed by atoms with E-state index in [0.29, 0.717) is 5.75 Å². The van der Waals surface area contributed by atoms with Crippen LogP contribution in [-0.4, -0.2) is 12.8 Å². The first-order valence-corrected chi connectivity index (χ1v) is 7.70. The predicted octanol–water partition coefficient (Wildman–Crippen LogP) is 4.34. The number of benzene rings is 1. The Bertz CT molecular complexity index is 395. The van der Waals surface area contributed by atoms with Gasteiger partial charge in [-0.15, -0.1) is 0 Å². The molecule has 0 heterocycles. The Morgan fingerprint density at radius 1 is 1.18 bits per heavy atom. The van der Waals surface area contributed by atoms with Crippen LogP contribution in [0.4, 0.5) is 0 Å². The van der Waals surface area contributed by atoms with Crippen molar-refractivity contribution in [2.24, 2.45) is 5.41 Å². The molecule has 0 amide bonds. The van der Waals surface area contributed by atoms with Gasteiger partial charge in [-0.3, -0.25) is 4.52 Å². The second kappa shape index (κ2) is 5.24. The van der Waals surface area contributed by atoms with Crippen molar-refractivity contribution in [2.75, 3.05) is 6.66 Å². The van der Waals surface area contributed by atoms with E-state index in [1.165, 1.54) is 6.66 Å². The van der Waals surface area contributed by atoms with Gasteiger partial charge in [0, 0.05) is 6.66 Å². The third kappa shape index (κ3) is 4.93. The van der Waals surface area contributed by atoms with Crippen LogP contribution in [0.1, 0.15) is 27.7 Å². The molecule has 0 aliphatic rings. The monoisotopic (exact) mass is 256 g/mol. The maximum absolute atomic E-state index is 12.2. The molecule has 0 aliphatic carbocycles. The fourth-order valence-corrected chi connectivity index (χ4v) is 2.58. The lowest BCUT2D eigenvalue weighted by Gasteiger charge is -2.29. The van der Waals surface area contributed by atoms with Crippen LogP contribution in [0.15, 0.2) is 30.3 Å². The average Bonchev–Trinajstić information content (AvgIpc) is 2.16. The molecular weight excluding hydrogens is 235 g/mol. The predicted molar refractivity (Wildman–Crippen MR) is 70.6 cm³/mol. The van der Waals surface area contributed by atoms with E-state index in [9.17, 15) is 4.57 Å². The molecule has 0 radical (unpaired) electrons. The Morgan fingerprint density at radius 3 is 2.18 bits per heavy atom. The molecule has 0 aromatic heterocycles. The summed E-state index contributed by atoms with van der Waals surface area (Å²) < 4.78 is 23.1. The zero-order valence-corrected chi connectivity index (χ0v) is 12.0. The molecule has 96 valence electrons. The van der Waals surface area contributed by atoms with E-state index >= 15 is 0 Å². The Kier molecular flexibility index (Phi) is 4.40. The molecule has 0 fully saturated rings. The van der Waals surface area contributed by atoms with E-state index in [0.717, 1.165) is 0 Å². The standard InChI is InChI=1S/C13H21O3P/c1-11(13(2,3)4)15-17(5,14)16-12-9-7-6-8-10-12/h6-11H,1-5H3. The van der Waals surface area contributed by atoms with Crippen LogP contribution in [0.25, 0.3) is 0 Å². The SMILES string of the molecule is CC(OP(C)(=O)Oc1ccccc1)C(C)(C)C. The minimum Gasteiger partial charge on any atom is -0.425 e. The summed E-state index contributed by atoms with van der Waals surface area (Å²) in [6.07, 6.45) is -0.137. The minimum atomic E-state index is -3.07. The second-order valence-electron chi connectivity index (χ2n) is 5.29. The summed E-state index contributed by atoms with van der Waals surface area (Å²) in [6, 6.07) is 9.08. The maximum Gasteiger partial charge on any atom is 0.376 e. The van der Waals surface area contributed by atoms with Gasteiger partial charge in [0.25, 0.3) is 0 Å². The molecule has 0 bridgehead atoms. The van der Waals surface area contributed by atoms with Gasteiger partial charge >= 0.3 is 7.60 Å². The first-order chi connectivity index (χ1) is 7.71. The van der Waals surface area contributed by atoms with Crippen LogP contribution < -0.4 is 4.52 Å². The molecule has 1 aromatic rings. The molecule has 17 heavy (non-hydrogen) atoms. The van der Waals surface area contributed by atoms with E-state index in [4.69, 9.17) is 9.05 Å². The lowest BCUT2D eigenvalue weighted by atomic mass is 9.91. The number of hydrogen-bond acceptors (Lipinski definition) is 3. The largest absolute Gasteiger partial charge is 0.425 e. The molecule has 3 nitrogen and oxygen atoms in total. The highest BCUT2D eigenvalue weighted by atomic mass is 31.2. The molecule has 0 saturated carbocycles. The molecular formula is C13H21O3P. The Labute approximate surface area is 104 Å². The van der Waals surface area contributed by atoms with Crippen molar-refractivity contribution in [2.45, 2.75) is 33.8 Å². The van der Waals surface area contributed by atoms with Crippen molar-refractivity contribution in [3.05, 3.63) is 30.3 Å². The van der Waals surface area contributed by atoms with Gasteiger partial charge in [0.1, 0.15) is 5.75 Å². The fourth-order valence-electron chi connectivity index (χ4n) is 1.14. The highest BCUT2D eigenvalue weighted by Gasteiger charge is 2.29. The van der Waals surface area contributed by atoms with Crippen LogP contribution in [0, 0.1) is 5.41 Å². The Hall–Kier alpha value is -0.790. The van der Waals surface area contributed by atoms with Crippen molar-refractivity contribution in [1.29, 1.82) is 0 Å². The molecule has 0 saturated heterocycles. The molecule has 1 rings (SSSR count). The van der Waals surface area contributed by atoms with Crippen molar-refractivity contribution < 1.29 is 13.6 Å². The van der Waals surface area contributed by atoms with Gasteiger partial charge in [0.15, 0.2) is 0 Å². The number of para-hydroxylation sites is 1. The van der Waals surface area contributed by atoms with Crippen LogP contribution in [-0.2, 0) is 9.09 Å². The summed E-state index contributed by atoms with van der Waals surface area (Å²) in [4.78, 5) is 0. The van der Waals surface area contributed by atoms with E-state index in [1.54, 1.807) is 12.1 Å². The summed E-state index contributed by atoms with van der Waals surface area (Å²) in [5.74, 6) is 0.569. The van der Waals surface area contributed by atoms with Crippen LogP contribution in [0.3, 0.4) is 0 Å².